The predicted octanol–water partition coefficient (Wildman–Crippen LogP) is 3.30. The Morgan fingerprint density at radius 1 is 1.24 bits per heavy atom. The Morgan fingerprint density at radius 3 is 2.72 bits per heavy atom. The SMILES string of the molecule is O=C(Cn1nnc(-c2cccc(C(F)(F)F)c2)n1)NN=Cc1c(F)cccc1Cl. The van der Waals surface area contributed by atoms with Gasteiger partial charge in [0.05, 0.1) is 16.8 Å². The van der Waals surface area contributed by atoms with Crippen LogP contribution in [0.3, 0.4) is 0 Å². The highest BCUT2D eigenvalue weighted by Crippen LogP contribution is 2.31. The number of hydrogen-bond acceptors (Lipinski definition) is 5. The molecule has 0 spiro atoms. The first kappa shape index (κ1) is 20.4. The highest BCUT2D eigenvalue weighted by atomic mass is 35.5. The predicted molar refractivity (Wildman–Crippen MR) is 95.4 cm³/mol. The number of alkyl halides is 3. The molecule has 1 N–H and O–H groups in total. The van der Waals surface area contributed by atoms with E-state index in [9.17, 15) is 22.4 Å². The maximum absolute atomic E-state index is 13.6. The molecule has 3 rings (SSSR count). The molecule has 0 unspecified atom stereocenters. The summed E-state index contributed by atoms with van der Waals surface area (Å²) in [5.74, 6) is -1.36. The van der Waals surface area contributed by atoms with E-state index in [1.807, 2.05) is 0 Å². The van der Waals surface area contributed by atoms with Crippen molar-refractivity contribution in [3.63, 3.8) is 0 Å². The summed E-state index contributed by atoms with van der Waals surface area (Å²) in [5.41, 5.74) is 1.38. The standard InChI is InChI=1S/C17H11ClF4N6O/c18-13-5-2-6-14(19)12(13)8-23-24-15(29)9-28-26-16(25-27-28)10-3-1-4-11(7-10)17(20,21)22/h1-8H,9H2,(H,24,29). The van der Waals surface area contributed by atoms with Crippen molar-refractivity contribution in [2.45, 2.75) is 12.7 Å². The van der Waals surface area contributed by atoms with Gasteiger partial charge < -0.3 is 0 Å². The summed E-state index contributed by atoms with van der Waals surface area (Å²) in [6, 6.07) is 8.47. The smallest absolute Gasteiger partial charge is 0.271 e. The lowest BCUT2D eigenvalue weighted by Gasteiger charge is -2.06. The minimum atomic E-state index is -4.51. The van der Waals surface area contributed by atoms with Gasteiger partial charge in [-0.15, -0.1) is 10.2 Å². The second-order valence-electron chi connectivity index (χ2n) is 5.65. The first-order valence-corrected chi connectivity index (χ1v) is 8.33. The van der Waals surface area contributed by atoms with Gasteiger partial charge in [0.15, 0.2) is 0 Å². The first-order chi connectivity index (χ1) is 13.7. The highest BCUT2D eigenvalue weighted by Gasteiger charge is 2.30. The number of nitrogens with one attached hydrogen (secondary N) is 1. The Balaban J connectivity index is 1.64. The van der Waals surface area contributed by atoms with Crippen molar-refractivity contribution in [3.8, 4) is 11.4 Å². The molecule has 0 fully saturated rings. The molecule has 0 aliphatic rings. The normalized spacial score (nSPS) is 11.8. The molecule has 0 bridgehead atoms. The Morgan fingerprint density at radius 2 is 2.00 bits per heavy atom. The van der Waals surface area contributed by atoms with Crippen LogP contribution in [0.2, 0.25) is 5.02 Å². The molecule has 29 heavy (non-hydrogen) atoms. The van der Waals surface area contributed by atoms with E-state index in [4.69, 9.17) is 11.6 Å². The molecule has 150 valence electrons. The van der Waals surface area contributed by atoms with Gasteiger partial charge in [-0.2, -0.15) is 23.1 Å². The molecule has 3 aromatic rings. The average Bonchev–Trinajstić information content (AvgIpc) is 3.12. The van der Waals surface area contributed by atoms with E-state index < -0.39 is 30.0 Å². The maximum atomic E-state index is 13.6. The van der Waals surface area contributed by atoms with Gasteiger partial charge >= 0.3 is 6.18 Å². The lowest BCUT2D eigenvalue weighted by atomic mass is 10.1. The molecule has 0 atom stereocenters. The van der Waals surface area contributed by atoms with Gasteiger partial charge in [0, 0.05) is 11.1 Å². The van der Waals surface area contributed by atoms with E-state index in [0.717, 1.165) is 23.1 Å². The van der Waals surface area contributed by atoms with Crippen LogP contribution in [-0.2, 0) is 17.5 Å². The fraction of sp³-hybridized carbons (Fsp3) is 0.118. The second kappa shape index (κ2) is 8.35. The number of carbonyl (C=O) groups is 1. The van der Waals surface area contributed by atoms with Gasteiger partial charge in [0.25, 0.3) is 5.91 Å². The van der Waals surface area contributed by atoms with Crippen LogP contribution in [0.1, 0.15) is 11.1 Å². The summed E-state index contributed by atoms with van der Waals surface area (Å²) in [7, 11) is 0. The minimum absolute atomic E-state index is 0.000167. The summed E-state index contributed by atoms with van der Waals surface area (Å²) in [4.78, 5) is 12.8. The number of halogens is 5. The van der Waals surface area contributed by atoms with Gasteiger partial charge in [0.2, 0.25) is 5.82 Å². The third-order valence-corrected chi connectivity index (χ3v) is 3.90. The molecule has 0 aliphatic carbocycles. The molecular weight excluding hydrogens is 416 g/mol. The van der Waals surface area contributed by atoms with Crippen molar-refractivity contribution >= 4 is 23.7 Å². The van der Waals surface area contributed by atoms with Crippen LogP contribution >= 0.6 is 11.6 Å². The van der Waals surface area contributed by atoms with Crippen molar-refractivity contribution < 1.29 is 22.4 Å². The van der Waals surface area contributed by atoms with E-state index in [0.29, 0.717) is 0 Å². The minimum Gasteiger partial charge on any atom is -0.271 e. The van der Waals surface area contributed by atoms with Crippen LogP contribution in [0, 0.1) is 5.82 Å². The number of carbonyl (C=O) groups excluding carboxylic acids is 1. The third kappa shape index (κ3) is 5.13. The molecule has 1 amide bonds. The van der Waals surface area contributed by atoms with E-state index in [1.165, 1.54) is 30.3 Å². The molecule has 0 saturated carbocycles. The lowest BCUT2D eigenvalue weighted by Crippen LogP contribution is -2.24. The molecular formula is C17H11ClF4N6O. The number of rotatable bonds is 5. The van der Waals surface area contributed by atoms with Gasteiger partial charge in [-0.1, -0.05) is 29.8 Å². The zero-order valence-electron chi connectivity index (χ0n) is 14.4. The van der Waals surface area contributed by atoms with Crippen molar-refractivity contribution in [3.05, 3.63) is 64.4 Å². The summed E-state index contributed by atoms with van der Waals surface area (Å²) >= 11 is 5.83. The quantitative estimate of drug-likeness (QED) is 0.385. The fourth-order valence-electron chi connectivity index (χ4n) is 2.23. The fourth-order valence-corrected chi connectivity index (χ4v) is 2.44. The van der Waals surface area contributed by atoms with Crippen molar-refractivity contribution in [1.29, 1.82) is 0 Å². The topological polar surface area (TPSA) is 85.1 Å². The van der Waals surface area contributed by atoms with Crippen LogP contribution in [0.4, 0.5) is 17.6 Å². The van der Waals surface area contributed by atoms with Crippen molar-refractivity contribution in [2.24, 2.45) is 5.10 Å². The molecule has 1 heterocycles. The molecule has 0 saturated heterocycles. The molecule has 0 radical (unpaired) electrons. The van der Waals surface area contributed by atoms with Crippen molar-refractivity contribution in [1.82, 2.24) is 25.6 Å². The molecule has 1 aromatic heterocycles. The number of aromatic nitrogens is 4. The lowest BCUT2D eigenvalue weighted by molar-refractivity contribution is -0.137. The molecule has 2 aromatic carbocycles. The number of tetrazole rings is 1. The van der Waals surface area contributed by atoms with Crippen molar-refractivity contribution in [2.75, 3.05) is 0 Å². The van der Waals surface area contributed by atoms with Gasteiger partial charge in [-0.3, -0.25) is 4.79 Å². The summed E-state index contributed by atoms with van der Waals surface area (Å²) in [6.07, 6.45) is -3.47. The van der Waals surface area contributed by atoms with Crippen LogP contribution in [0.25, 0.3) is 11.4 Å². The Hall–Kier alpha value is -3.34. The summed E-state index contributed by atoms with van der Waals surface area (Å²) in [5, 5.41) is 14.9. The Bertz CT molecular complexity index is 1050. The zero-order chi connectivity index (χ0) is 21.0. The van der Waals surface area contributed by atoms with Crippen LogP contribution < -0.4 is 5.43 Å². The largest absolute Gasteiger partial charge is 0.416 e. The van der Waals surface area contributed by atoms with Crippen LogP contribution in [-0.4, -0.2) is 32.3 Å². The van der Waals surface area contributed by atoms with E-state index in [2.05, 4.69) is 25.9 Å². The zero-order valence-corrected chi connectivity index (χ0v) is 15.1. The average molecular weight is 427 g/mol. The van der Waals surface area contributed by atoms with Gasteiger partial charge in [-0.25, -0.2) is 9.82 Å². The number of benzene rings is 2. The number of amides is 1. The Kier molecular flexibility index (Phi) is 5.87. The molecule has 0 aliphatic heterocycles. The van der Waals surface area contributed by atoms with Gasteiger partial charge in [-0.05, 0) is 29.5 Å². The van der Waals surface area contributed by atoms with Crippen LogP contribution in [0.15, 0.2) is 47.6 Å². The second-order valence-corrected chi connectivity index (χ2v) is 6.06. The third-order valence-electron chi connectivity index (χ3n) is 3.57. The van der Waals surface area contributed by atoms with E-state index >= 15 is 0 Å². The molecule has 7 nitrogen and oxygen atoms in total. The van der Waals surface area contributed by atoms with Crippen LogP contribution in [0.5, 0.6) is 0 Å². The maximum Gasteiger partial charge on any atom is 0.416 e. The summed E-state index contributed by atoms with van der Waals surface area (Å²) < 4.78 is 52.0. The molecule has 12 heteroatoms. The first-order valence-electron chi connectivity index (χ1n) is 7.95. The monoisotopic (exact) mass is 426 g/mol. The number of hydrazone groups is 1. The number of nitrogens with zero attached hydrogens (tertiary/aromatic N) is 5. The number of hydrogen-bond donors (Lipinski definition) is 1. The van der Waals surface area contributed by atoms with Gasteiger partial charge in [0.1, 0.15) is 12.4 Å². The Labute approximate surface area is 166 Å². The summed E-state index contributed by atoms with van der Waals surface area (Å²) in [6.45, 7) is -0.408. The van der Waals surface area contributed by atoms with E-state index in [1.54, 1.807) is 0 Å². The highest BCUT2D eigenvalue weighted by molar-refractivity contribution is 6.33. The van der Waals surface area contributed by atoms with E-state index in [-0.39, 0.29) is 22.0 Å².